The van der Waals surface area contributed by atoms with Crippen molar-refractivity contribution in [2.45, 2.75) is 32.6 Å². The number of ether oxygens (including phenoxy) is 1. The van der Waals surface area contributed by atoms with Crippen molar-refractivity contribution in [1.29, 1.82) is 0 Å². The van der Waals surface area contributed by atoms with Crippen LogP contribution in [0.25, 0.3) is 0 Å². The van der Waals surface area contributed by atoms with Crippen LogP contribution >= 0.6 is 0 Å². The van der Waals surface area contributed by atoms with Gasteiger partial charge in [-0.1, -0.05) is 0 Å². The summed E-state index contributed by atoms with van der Waals surface area (Å²) in [7, 11) is -2.09. The van der Waals surface area contributed by atoms with Crippen molar-refractivity contribution >= 4 is 15.7 Å². The molecule has 0 spiro atoms. The quantitative estimate of drug-likeness (QED) is 0.908. The first-order chi connectivity index (χ1) is 9.77. The van der Waals surface area contributed by atoms with Crippen molar-refractivity contribution in [1.82, 2.24) is 10.2 Å². The van der Waals surface area contributed by atoms with Crippen molar-refractivity contribution in [3.8, 4) is 5.75 Å². The van der Waals surface area contributed by atoms with Crippen molar-refractivity contribution in [3.63, 3.8) is 0 Å². The van der Waals surface area contributed by atoms with Crippen molar-refractivity contribution in [3.05, 3.63) is 34.6 Å². The molecule has 7 heteroatoms. The number of nitrogens with one attached hydrogen (secondary N) is 2. The Bertz CT molecular complexity index is 760. The fourth-order valence-electron chi connectivity index (χ4n) is 2.26. The number of hydrogen-bond acceptors (Lipinski definition) is 4. The van der Waals surface area contributed by atoms with Crippen LogP contribution in [0.1, 0.15) is 22.5 Å². The van der Waals surface area contributed by atoms with E-state index in [1.54, 1.807) is 33.1 Å². The highest BCUT2D eigenvalue weighted by Gasteiger charge is 2.23. The summed E-state index contributed by atoms with van der Waals surface area (Å²) >= 11 is 0. The molecule has 0 aliphatic rings. The molecule has 0 amide bonds. The van der Waals surface area contributed by atoms with Gasteiger partial charge in [-0.25, -0.2) is 8.42 Å². The molecule has 21 heavy (non-hydrogen) atoms. The molecular weight excluding hydrogens is 290 g/mol. The summed E-state index contributed by atoms with van der Waals surface area (Å²) in [5, 5.41) is 6.61. The maximum Gasteiger partial charge on any atom is 0.265 e. The molecule has 0 saturated carbocycles. The predicted octanol–water partition coefficient (Wildman–Crippen LogP) is 2.45. The minimum Gasteiger partial charge on any atom is -0.496 e. The molecule has 2 rings (SSSR count). The van der Waals surface area contributed by atoms with Gasteiger partial charge in [-0.3, -0.25) is 9.82 Å². The Balaban J connectivity index is 2.45. The van der Waals surface area contributed by atoms with Crippen LogP contribution in [0.2, 0.25) is 0 Å². The second-order valence-corrected chi connectivity index (χ2v) is 6.55. The van der Waals surface area contributed by atoms with Gasteiger partial charge in [0.15, 0.2) is 0 Å². The van der Waals surface area contributed by atoms with Crippen LogP contribution in [0.4, 0.5) is 5.69 Å². The lowest BCUT2D eigenvalue weighted by atomic mass is 10.1. The standard InChI is InChI=1S/C14H19N3O3S/c1-8-9(2)13(20-5)7-6-12(8)17-21(18,19)14-10(3)15-16-11(14)4/h6-7,17H,1-5H3,(H,15,16). The number of rotatable bonds is 4. The zero-order chi connectivity index (χ0) is 15.8. The van der Waals surface area contributed by atoms with E-state index in [9.17, 15) is 8.42 Å². The number of H-pyrrole nitrogens is 1. The number of nitrogens with zero attached hydrogens (tertiary/aromatic N) is 1. The van der Waals surface area contributed by atoms with E-state index in [2.05, 4.69) is 14.9 Å². The first-order valence-corrected chi connectivity index (χ1v) is 7.95. The molecule has 6 nitrogen and oxygen atoms in total. The summed E-state index contributed by atoms with van der Waals surface area (Å²) in [6.07, 6.45) is 0. The fraction of sp³-hybridized carbons (Fsp3) is 0.357. The predicted molar refractivity (Wildman–Crippen MR) is 81.3 cm³/mol. The lowest BCUT2D eigenvalue weighted by Gasteiger charge is -2.14. The second-order valence-electron chi connectivity index (χ2n) is 4.93. The molecule has 1 aromatic heterocycles. The van der Waals surface area contributed by atoms with Gasteiger partial charge in [-0.15, -0.1) is 0 Å². The van der Waals surface area contributed by atoms with Crippen LogP contribution in [-0.2, 0) is 10.0 Å². The molecular formula is C14H19N3O3S. The minimum atomic E-state index is -3.67. The van der Waals surface area contributed by atoms with E-state index in [-0.39, 0.29) is 4.90 Å². The number of hydrogen-bond donors (Lipinski definition) is 2. The number of sulfonamides is 1. The van der Waals surface area contributed by atoms with Gasteiger partial charge < -0.3 is 4.74 Å². The average molecular weight is 309 g/mol. The van der Waals surface area contributed by atoms with E-state index in [4.69, 9.17) is 4.74 Å². The average Bonchev–Trinajstić information content (AvgIpc) is 2.75. The molecule has 2 N–H and O–H groups in total. The summed E-state index contributed by atoms with van der Waals surface area (Å²) in [6, 6.07) is 3.44. The van der Waals surface area contributed by atoms with Gasteiger partial charge in [0.1, 0.15) is 10.6 Å². The summed E-state index contributed by atoms with van der Waals surface area (Å²) in [6.45, 7) is 7.08. The molecule has 0 radical (unpaired) electrons. The number of aryl methyl sites for hydroxylation is 2. The molecule has 2 aromatic rings. The molecule has 0 atom stereocenters. The Hall–Kier alpha value is -2.02. The number of anilines is 1. The molecule has 0 saturated heterocycles. The first-order valence-electron chi connectivity index (χ1n) is 6.46. The number of aromatic amines is 1. The smallest absolute Gasteiger partial charge is 0.265 e. The lowest BCUT2D eigenvalue weighted by Crippen LogP contribution is -2.15. The van der Waals surface area contributed by atoms with Crippen LogP contribution in [0.3, 0.4) is 0 Å². The van der Waals surface area contributed by atoms with Crippen LogP contribution in [0, 0.1) is 27.7 Å². The van der Waals surface area contributed by atoms with Gasteiger partial charge in [0, 0.05) is 0 Å². The van der Waals surface area contributed by atoms with E-state index < -0.39 is 10.0 Å². The molecule has 114 valence electrons. The normalized spacial score (nSPS) is 11.5. The van der Waals surface area contributed by atoms with E-state index >= 15 is 0 Å². The van der Waals surface area contributed by atoms with Gasteiger partial charge in [0.2, 0.25) is 0 Å². The topological polar surface area (TPSA) is 84.1 Å². The Morgan fingerprint density at radius 3 is 2.33 bits per heavy atom. The molecule has 1 heterocycles. The molecule has 1 aromatic carbocycles. The van der Waals surface area contributed by atoms with Gasteiger partial charge in [-0.2, -0.15) is 5.10 Å². The maximum absolute atomic E-state index is 12.5. The lowest BCUT2D eigenvalue weighted by molar-refractivity contribution is 0.411. The molecule has 0 bridgehead atoms. The van der Waals surface area contributed by atoms with Crippen LogP contribution in [0.5, 0.6) is 5.75 Å². The summed E-state index contributed by atoms with van der Waals surface area (Å²) < 4.78 is 32.9. The first kappa shape index (κ1) is 15.4. The SMILES string of the molecule is COc1ccc(NS(=O)(=O)c2c(C)n[nH]c2C)c(C)c1C. The highest BCUT2D eigenvalue weighted by Crippen LogP contribution is 2.29. The Kier molecular flexibility index (Phi) is 3.95. The number of aromatic nitrogens is 2. The Morgan fingerprint density at radius 2 is 1.81 bits per heavy atom. The van der Waals surface area contributed by atoms with Gasteiger partial charge in [0.25, 0.3) is 10.0 Å². The van der Waals surface area contributed by atoms with E-state index in [0.29, 0.717) is 17.1 Å². The number of benzene rings is 1. The van der Waals surface area contributed by atoms with Gasteiger partial charge in [0.05, 0.1) is 24.2 Å². The summed E-state index contributed by atoms with van der Waals surface area (Å²) in [5.74, 6) is 0.728. The third-order valence-corrected chi connectivity index (χ3v) is 5.16. The van der Waals surface area contributed by atoms with Crippen LogP contribution in [-0.4, -0.2) is 25.7 Å². The zero-order valence-corrected chi connectivity index (χ0v) is 13.6. The van der Waals surface area contributed by atoms with Crippen LogP contribution in [0.15, 0.2) is 17.0 Å². The summed E-state index contributed by atoms with van der Waals surface area (Å²) in [5.41, 5.74) is 3.23. The zero-order valence-electron chi connectivity index (χ0n) is 12.7. The monoisotopic (exact) mass is 309 g/mol. The molecule has 0 aliphatic heterocycles. The molecule has 0 aliphatic carbocycles. The fourth-order valence-corrected chi connectivity index (χ4v) is 3.76. The maximum atomic E-state index is 12.5. The highest BCUT2D eigenvalue weighted by molar-refractivity contribution is 7.92. The Morgan fingerprint density at radius 1 is 1.14 bits per heavy atom. The Labute approximate surface area is 124 Å². The molecule has 0 unspecified atom stereocenters. The van der Waals surface area contributed by atoms with E-state index in [1.165, 1.54) is 0 Å². The number of methoxy groups -OCH3 is 1. The van der Waals surface area contributed by atoms with Crippen LogP contribution < -0.4 is 9.46 Å². The molecule has 0 fully saturated rings. The van der Waals surface area contributed by atoms with Gasteiger partial charge >= 0.3 is 0 Å². The highest BCUT2D eigenvalue weighted by atomic mass is 32.2. The van der Waals surface area contributed by atoms with Crippen molar-refractivity contribution < 1.29 is 13.2 Å². The van der Waals surface area contributed by atoms with Crippen molar-refractivity contribution in [2.75, 3.05) is 11.8 Å². The third kappa shape index (κ3) is 2.73. The minimum absolute atomic E-state index is 0.190. The third-order valence-electron chi connectivity index (χ3n) is 3.53. The van der Waals surface area contributed by atoms with E-state index in [0.717, 1.165) is 16.9 Å². The van der Waals surface area contributed by atoms with Crippen molar-refractivity contribution in [2.24, 2.45) is 0 Å². The summed E-state index contributed by atoms with van der Waals surface area (Å²) in [4.78, 5) is 0.190. The van der Waals surface area contributed by atoms with Gasteiger partial charge in [-0.05, 0) is 51.0 Å². The van der Waals surface area contributed by atoms with E-state index in [1.807, 2.05) is 13.8 Å². The second kappa shape index (κ2) is 5.40. The largest absolute Gasteiger partial charge is 0.496 e.